The molecule has 1 saturated heterocycles. The Bertz CT molecular complexity index is 516. The summed E-state index contributed by atoms with van der Waals surface area (Å²) in [5.41, 5.74) is 3.06. The third-order valence-corrected chi connectivity index (χ3v) is 5.65. The number of nitrogens with zero attached hydrogens (tertiary/aromatic N) is 4. The van der Waals surface area contributed by atoms with Crippen molar-refractivity contribution in [3.8, 4) is 0 Å². The van der Waals surface area contributed by atoms with Crippen molar-refractivity contribution in [3.05, 3.63) is 16.1 Å². The minimum absolute atomic E-state index is 0.268. The van der Waals surface area contributed by atoms with Crippen molar-refractivity contribution < 1.29 is 4.79 Å². The number of aromatic nitrogens is 1. The van der Waals surface area contributed by atoms with Crippen LogP contribution in [0.1, 0.15) is 30.8 Å². The quantitative estimate of drug-likeness (QED) is 0.763. The van der Waals surface area contributed by atoms with E-state index in [2.05, 4.69) is 42.6 Å². The van der Waals surface area contributed by atoms with Gasteiger partial charge in [-0.1, -0.05) is 0 Å². The minimum atomic E-state index is 0.268. The third kappa shape index (κ3) is 5.26. The molecule has 1 amide bonds. The topological polar surface area (TPSA) is 39.7 Å². The lowest BCUT2D eigenvalue weighted by Gasteiger charge is -2.25. The van der Waals surface area contributed by atoms with Crippen LogP contribution in [0.5, 0.6) is 0 Å². The molecule has 1 aromatic rings. The average Bonchev–Trinajstić information content (AvgIpc) is 3.09. The fraction of sp³-hybridized carbons (Fsp3) is 0.765. The number of hydrogen-bond donors (Lipinski definition) is 0. The fourth-order valence-corrected chi connectivity index (χ4v) is 3.79. The summed E-state index contributed by atoms with van der Waals surface area (Å²) in [5, 5.41) is 0. The number of likely N-dealkylation sites (tertiary alicyclic amines) is 1. The summed E-state index contributed by atoms with van der Waals surface area (Å²) >= 11 is 1.73. The van der Waals surface area contributed by atoms with E-state index in [-0.39, 0.29) is 5.91 Å². The number of amides is 1. The van der Waals surface area contributed by atoms with Gasteiger partial charge in [0, 0.05) is 37.1 Å². The summed E-state index contributed by atoms with van der Waals surface area (Å²) in [6, 6.07) is 0.408. The Labute approximate surface area is 144 Å². The summed E-state index contributed by atoms with van der Waals surface area (Å²) in [6.45, 7) is 10.6. The number of hydrogen-bond acceptors (Lipinski definition) is 5. The predicted octanol–water partition coefficient (Wildman–Crippen LogP) is 2.07. The first-order chi connectivity index (χ1) is 10.9. The zero-order chi connectivity index (χ0) is 17.0. The first kappa shape index (κ1) is 18.4. The van der Waals surface area contributed by atoms with Crippen LogP contribution in [0, 0.1) is 12.8 Å². The molecule has 0 N–H and O–H groups in total. The smallest absolute Gasteiger partial charge is 0.236 e. The largest absolute Gasteiger partial charge is 0.341 e. The summed E-state index contributed by atoms with van der Waals surface area (Å²) in [5.74, 6) is 0.853. The molecule has 6 heteroatoms. The number of thiazole rings is 1. The van der Waals surface area contributed by atoms with Gasteiger partial charge in [-0.3, -0.25) is 9.69 Å². The molecule has 130 valence electrons. The Balaban J connectivity index is 1.76. The van der Waals surface area contributed by atoms with Crippen molar-refractivity contribution in [2.75, 3.05) is 40.3 Å². The first-order valence-electron chi connectivity index (χ1n) is 8.42. The second-order valence-electron chi connectivity index (χ2n) is 7.06. The van der Waals surface area contributed by atoms with E-state index < -0.39 is 0 Å². The number of carbonyl (C=O) groups excluding carboxylic acids is 1. The van der Waals surface area contributed by atoms with Gasteiger partial charge >= 0.3 is 0 Å². The van der Waals surface area contributed by atoms with Crippen molar-refractivity contribution in [1.82, 2.24) is 19.7 Å². The van der Waals surface area contributed by atoms with E-state index in [1.165, 1.54) is 4.88 Å². The maximum absolute atomic E-state index is 12.4. The van der Waals surface area contributed by atoms with Crippen LogP contribution in [0.15, 0.2) is 5.51 Å². The normalized spacial score (nSPS) is 18.6. The summed E-state index contributed by atoms with van der Waals surface area (Å²) in [7, 11) is 4.18. The van der Waals surface area contributed by atoms with E-state index >= 15 is 0 Å². The highest BCUT2D eigenvalue weighted by molar-refractivity contribution is 7.09. The van der Waals surface area contributed by atoms with Gasteiger partial charge in [-0.25, -0.2) is 4.98 Å². The van der Waals surface area contributed by atoms with Crippen LogP contribution in [0.25, 0.3) is 0 Å². The van der Waals surface area contributed by atoms with E-state index in [0.717, 1.165) is 38.3 Å². The van der Waals surface area contributed by atoms with Gasteiger partial charge < -0.3 is 9.80 Å². The Morgan fingerprint density at radius 1 is 1.48 bits per heavy atom. The molecule has 1 aromatic heterocycles. The third-order valence-electron chi connectivity index (χ3n) is 4.73. The molecule has 23 heavy (non-hydrogen) atoms. The van der Waals surface area contributed by atoms with Crippen molar-refractivity contribution in [2.45, 2.75) is 39.8 Å². The lowest BCUT2D eigenvalue weighted by atomic mass is 10.1. The zero-order valence-corrected chi connectivity index (χ0v) is 15.9. The molecule has 0 bridgehead atoms. The van der Waals surface area contributed by atoms with Gasteiger partial charge in [-0.2, -0.15) is 0 Å². The number of aryl methyl sites for hydroxylation is 1. The van der Waals surface area contributed by atoms with Gasteiger partial charge in [0.05, 0.1) is 17.7 Å². The molecule has 0 radical (unpaired) electrons. The first-order valence-corrected chi connectivity index (χ1v) is 9.30. The standard InChI is InChI=1S/C17H30N4OS/c1-13(2)20(5)11-17(22)21-7-6-15(9-21)8-19(4)10-16-14(3)18-12-23-16/h12-13,15H,6-11H2,1-5H3. The van der Waals surface area contributed by atoms with Crippen molar-refractivity contribution >= 4 is 17.2 Å². The molecule has 0 aliphatic carbocycles. The van der Waals surface area contributed by atoms with Crippen molar-refractivity contribution in [2.24, 2.45) is 5.92 Å². The molecular formula is C17H30N4OS. The van der Waals surface area contributed by atoms with E-state index in [4.69, 9.17) is 0 Å². The monoisotopic (exact) mass is 338 g/mol. The summed E-state index contributed by atoms with van der Waals surface area (Å²) < 4.78 is 0. The highest BCUT2D eigenvalue weighted by Crippen LogP contribution is 2.20. The number of likely N-dealkylation sites (N-methyl/N-ethyl adjacent to an activating group) is 1. The average molecular weight is 339 g/mol. The van der Waals surface area contributed by atoms with Crippen LogP contribution < -0.4 is 0 Å². The Morgan fingerprint density at radius 2 is 2.22 bits per heavy atom. The second-order valence-corrected chi connectivity index (χ2v) is 8.00. The molecule has 2 heterocycles. The second kappa shape index (κ2) is 8.22. The van der Waals surface area contributed by atoms with E-state index in [1.54, 1.807) is 11.3 Å². The maximum Gasteiger partial charge on any atom is 0.236 e. The Morgan fingerprint density at radius 3 is 2.83 bits per heavy atom. The van der Waals surface area contributed by atoms with Crippen molar-refractivity contribution in [3.63, 3.8) is 0 Å². The molecule has 1 aliphatic rings. The molecular weight excluding hydrogens is 308 g/mol. The lowest BCUT2D eigenvalue weighted by molar-refractivity contribution is -0.131. The molecule has 0 saturated carbocycles. The van der Waals surface area contributed by atoms with Crippen LogP contribution in [0.2, 0.25) is 0 Å². The molecule has 1 atom stereocenters. The highest BCUT2D eigenvalue weighted by atomic mass is 32.1. The van der Waals surface area contributed by atoms with Crippen LogP contribution in [-0.2, 0) is 11.3 Å². The van der Waals surface area contributed by atoms with E-state index in [1.807, 2.05) is 17.5 Å². The van der Waals surface area contributed by atoms with Gasteiger partial charge in [0.1, 0.15) is 0 Å². The molecule has 0 aromatic carbocycles. The zero-order valence-electron chi connectivity index (χ0n) is 15.1. The molecule has 2 rings (SSSR count). The molecule has 1 aliphatic heterocycles. The van der Waals surface area contributed by atoms with Gasteiger partial charge in [-0.15, -0.1) is 11.3 Å². The van der Waals surface area contributed by atoms with Gasteiger partial charge in [0.25, 0.3) is 0 Å². The maximum atomic E-state index is 12.4. The Hall–Kier alpha value is -0.980. The molecule has 5 nitrogen and oxygen atoms in total. The molecule has 1 fully saturated rings. The van der Waals surface area contributed by atoms with Crippen LogP contribution in [0.3, 0.4) is 0 Å². The SMILES string of the molecule is Cc1ncsc1CN(C)CC1CCN(C(=O)CN(C)C(C)C)C1. The van der Waals surface area contributed by atoms with E-state index in [0.29, 0.717) is 18.5 Å². The van der Waals surface area contributed by atoms with Gasteiger partial charge in [0.2, 0.25) is 5.91 Å². The highest BCUT2D eigenvalue weighted by Gasteiger charge is 2.27. The van der Waals surface area contributed by atoms with Gasteiger partial charge in [0.15, 0.2) is 0 Å². The van der Waals surface area contributed by atoms with Crippen molar-refractivity contribution in [1.29, 1.82) is 0 Å². The van der Waals surface area contributed by atoms with Crippen LogP contribution in [-0.4, -0.2) is 71.9 Å². The fourth-order valence-electron chi connectivity index (χ4n) is 2.93. The van der Waals surface area contributed by atoms with Gasteiger partial charge in [-0.05, 0) is 47.2 Å². The molecule has 0 spiro atoms. The number of rotatable bonds is 7. The van der Waals surface area contributed by atoms with E-state index in [9.17, 15) is 4.79 Å². The van der Waals surface area contributed by atoms with Crippen LogP contribution >= 0.6 is 11.3 Å². The summed E-state index contributed by atoms with van der Waals surface area (Å²) in [4.78, 5) is 24.5. The van der Waals surface area contributed by atoms with Crippen LogP contribution in [0.4, 0.5) is 0 Å². The minimum Gasteiger partial charge on any atom is -0.341 e. The predicted molar refractivity (Wildman–Crippen MR) is 95.6 cm³/mol. The number of carbonyl (C=O) groups is 1. The molecule has 1 unspecified atom stereocenters. The summed E-state index contributed by atoms with van der Waals surface area (Å²) in [6.07, 6.45) is 1.11. The lowest BCUT2D eigenvalue weighted by Crippen LogP contribution is -2.40. The Kier molecular flexibility index (Phi) is 6.56.